The monoisotopic (exact) mass is 285 g/mol. The van der Waals surface area contributed by atoms with Crippen LogP contribution in [0, 0.1) is 0 Å². The normalized spacial score (nSPS) is 12.1. The van der Waals surface area contributed by atoms with Gasteiger partial charge in [-0.15, -0.1) is 0 Å². The molecule has 112 valence electrons. The topological polar surface area (TPSA) is 30.5 Å². The minimum atomic E-state index is 0.295. The molecule has 21 heavy (non-hydrogen) atoms. The van der Waals surface area contributed by atoms with Crippen molar-refractivity contribution in [2.75, 3.05) is 14.2 Å². The maximum Gasteiger partial charge on any atom is 0.132 e. The van der Waals surface area contributed by atoms with Crippen LogP contribution in [0.4, 0.5) is 0 Å². The lowest BCUT2D eigenvalue weighted by Crippen LogP contribution is -2.15. The van der Waals surface area contributed by atoms with Crippen molar-refractivity contribution in [3.63, 3.8) is 0 Å². The summed E-state index contributed by atoms with van der Waals surface area (Å²) in [5, 5.41) is 3.33. The van der Waals surface area contributed by atoms with Gasteiger partial charge in [-0.3, -0.25) is 0 Å². The Hall–Kier alpha value is -1.84. The van der Waals surface area contributed by atoms with E-state index < -0.39 is 0 Å². The maximum atomic E-state index is 6.09. The van der Waals surface area contributed by atoms with Crippen molar-refractivity contribution in [3.05, 3.63) is 59.7 Å². The molecule has 0 aliphatic heterocycles. The summed E-state index contributed by atoms with van der Waals surface area (Å²) >= 11 is 0. The Labute approximate surface area is 126 Å². The van der Waals surface area contributed by atoms with Gasteiger partial charge in [-0.1, -0.05) is 37.3 Å². The molecule has 0 amide bonds. The van der Waals surface area contributed by atoms with Crippen molar-refractivity contribution >= 4 is 0 Å². The summed E-state index contributed by atoms with van der Waals surface area (Å²) in [6, 6.07) is 16.5. The first-order chi connectivity index (χ1) is 10.3. The number of hydrogen-bond donors (Lipinski definition) is 1. The first-order valence-corrected chi connectivity index (χ1v) is 7.30. The number of ether oxygens (including phenoxy) is 2. The van der Waals surface area contributed by atoms with Crippen molar-refractivity contribution in [1.82, 2.24) is 5.32 Å². The van der Waals surface area contributed by atoms with Crippen molar-refractivity contribution in [1.29, 1.82) is 0 Å². The Morgan fingerprint density at radius 3 is 2.62 bits per heavy atom. The number of benzene rings is 2. The van der Waals surface area contributed by atoms with E-state index in [1.165, 1.54) is 5.56 Å². The second-order valence-corrected chi connectivity index (χ2v) is 4.97. The fourth-order valence-corrected chi connectivity index (χ4v) is 2.43. The molecule has 2 aromatic rings. The quantitative estimate of drug-likeness (QED) is 0.823. The molecule has 3 heteroatoms. The van der Waals surface area contributed by atoms with Gasteiger partial charge in [-0.05, 0) is 37.2 Å². The molecule has 0 fully saturated rings. The highest BCUT2D eigenvalue weighted by Gasteiger charge is 2.12. The van der Waals surface area contributed by atoms with E-state index >= 15 is 0 Å². The Morgan fingerprint density at radius 1 is 1.10 bits per heavy atom. The Morgan fingerprint density at radius 2 is 1.90 bits per heavy atom. The first kappa shape index (κ1) is 15.5. The van der Waals surface area contributed by atoms with Gasteiger partial charge in [0.25, 0.3) is 0 Å². The Balaban J connectivity index is 2.25. The van der Waals surface area contributed by atoms with Crippen LogP contribution in [0.15, 0.2) is 48.5 Å². The molecule has 0 aromatic heterocycles. The third-order valence-electron chi connectivity index (χ3n) is 3.49. The molecule has 3 nitrogen and oxygen atoms in total. The molecule has 0 radical (unpaired) electrons. The number of hydrogen-bond acceptors (Lipinski definition) is 3. The molecule has 1 N–H and O–H groups in total. The molecule has 1 atom stereocenters. The lowest BCUT2D eigenvalue weighted by Gasteiger charge is -2.18. The summed E-state index contributed by atoms with van der Waals surface area (Å²) in [5.74, 6) is 1.73. The highest BCUT2D eigenvalue weighted by atomic mass is 16.5. The molecule has 0 aliphatic carbocycles. The van der Waals surface area contributed by atoms with E-state index in [0.717, 1.165) is 23.5 Å². The van der Waals surface area contributed by atoms with Gasteiger partial charge >= 0.3 is 0 Å². The van der Waals surface area contributed by atoms with Crippen LogP contribution in [0.5, 0.6) is 11.5 Å². The predicted molar refractivity (Wildman–Crippen MR) is 85.8 cm³/mol. The minimum Gasteiger partial charge on any atom is -0.457 e. The van der Waals surface area contributed by atoms with E-state index in [0.29, 0.717) is 12.6 Å². The van der Waals surface area contributed by atoms with E-state index in [1.807, 2.05) is 49.5 Å². The van der Waals surface area contributed by atoms with Gasteiger partial charge in [0.2, 0.25) is 0 Å². The molecule has 0 aliphatic rings. The lowest BCUT2D eigenvalue weighted by molar-refractivity contribution is 0.184. The van der Waals surface area contributed by atoms with E-state index in [1.54, 1.807) is 7.11 Å². The fraction of sp³-hybridized carbons (Fsp3) is 0.333. The van der Waals surface area contributed by atoms with Crippen LogP contribution in [-0.4, -0.2) is 14.2 Å². The summed E-state index contributed by atoms with van der Waals surface area (Å²) in [5.41, 5.74) is 2.28. The zero-order valence-corrected chi connectivity index (χ0v) is 12.9. The Kier molecular flexibility index (Phi) is 5.78. The summed E-state index contributed by atoms with van der Waals surface area (Å²) < 4.78 is 11.2. The third kappa shape index (κ3) is 4.06. The lowest BCUT2D eigenvalue weighted by atomic mass is 10.0. The standard InChI is InChI=1S/C18H23NO2/c1-4-17(19-2)16-10-5-6-11-18(16)21-15-9-7-8-14(12-15)13-20-3/h5-12,17,19H,4,13H2,1-3H3. The zero-order valence-electron chi connectivity index (χ0n) is 12.9. The molecule has 0 heterocycles. The molecular weight excluding hydrogens is 262 g/mol. The minimum absolute atomic E-state index is 0.295. The molecule has 2 aromatic carbocycles. The molecule has 1 unspecified atom stereocenters. The molecule has 2 rings (SSSR count). The van der Waals surface area contributed by atoms with Gasteiger partial charge in [0.05, 0.1) is 6.61 Å². The maximum absolute atomic E-state index is 6.09. The van der Waals surface area contributed by atoms with Gasteiger partial charge in [-0.2, -0.15) is 0 Å². The largest absolute Gasteiger partial charge is 0.457 e. The molecule has 0 saturated heterocycles. The van der Waals surface area contributed by atoms with E-state index in [4.69, 9.17) is 9.47 Å². The van der Waals surface area contributed by atoms with Crippen molar-refractivity contribution in [3.8, 4) is 11.5 Å². The van der Waals surface area contributed by atoms with Crippen LogP contribution in [0.2, 0.25) is 0 Å². The van der Waals surface area contributed by atoms with Crippen LogP contribution in [0.25, 0.3) is 0 Å². The van der Waals surface area contributed by atoms with Gasteiger partial charge in [-0.25, -0.2) is 0 Å². The second kappa shape index (κ2) is 7.81. The number of nitrogens with one attached hydrogen (secondary N) is 1. The number of para-hydroxylation sites is 1. The second-order valence-electron chi connectivity index (χ2n) is 4.97. The summed E-state index contributed by atoms with van der Waals surface area (Å²) in [4.78, 5) is 0. The molecule has 0 bridgehead atoms. The highest BCUT2D eigenvalue weighted by molar-refractivity contribution is 5.40. The van der Waals surface area contributed by atoms with Crippen LogP contribution < -0.4 is 10.1 Å². The van der Waals surface area contributed by atoms with E-state index in [-0.39, 0.29) is 0 Å². The predicted octanol–water partition coefficient (Wildman–Crippen LogP) is 4.30. The van der Waals surface area contributed by atoms with Crippen molar-refractivity contribution in [2.45, 2.75) is 26.0 Å². The molecular formula is C18H23NO2. The summed E-state index contributed by atoms with van der Waals surface area (Å²) in [7, 11) is 3.67. The summed E-state index contributed by atoms with van der Waals surface area (Å²) in [6.07, 6.45) is 1.01. The van der Waals surface area contributed by atoms with E-state index in [9.17, 15) is 0 Å². The third-order valence-corrected chi connectivity index (χ3v) is 3.49. The average Bonchev–Trinajstić information content (AvgIpc) is 2.51. The SMILES string of the molecule is CCC(NC)c1ccccc1Oc1cccc(COC)c1. The van der Waals surface area contributed by atoms with Crippen molar-refractivity contribution in [2.24, 2.45) is 0 Å². The van der Waals surface area contributed by atoms with Gasteiger partial charge in [0.15, 0.2) is 0 Å². The van der Waals surface area contributed by atoms with Gasteiger partial charge < -0.3 is 14.8 Å². The number of methoxy groups -OCH3 is 1. The average molecular weight is 285 g/mol. The van der Waals surface area contributed by atoms with Gasteiger partial charge in [0.1, 0.15) is 11.5 Å². The van der Waals surface area contributed by atoms with Gasteiger partial charge in [0, 0.05) is 18.7 Å². The first-order valence-electron chi connectivity index (χ1n) is 7.30. The fourth-order valence-electron chi connectivity index (χ4n) is 2.43. The molecule has 0 saturated carbocycles. The van der Waals surface area contributed by atoms with Crippen LogP contribution >= 0.6 is 0 Å². The van der Waals surface area contributed by atoms with Crippen LogP contribution in [0.3, 0.4) is 0 Å². The van der Waals surface area contributed by atoms with Crippen LogP contribution in [0.1, 0.15) is 30.5 Å². The zero-order chi connectivity index (χ0) is 15.1. The summed E-state index contributed by atoms with van der Waals surface area (Å²) in [6.45, 7) is 2.75. The number of rotatable bonds is 7. The Bertz CT molecular complexity index is 565. The smallest absolute Gasteiger partial charge is 0.132 e. The van der Waals surface area contributed by atoms with Crippen LogP contribution in [-0.2, 0) is 11.3 Å². The van der Waals surface area contributed by atoms with Crippen molar-refractivity contribution < 1.29 is 9.47 Å². The molecule has 0 spiro atoms. The van der Waals surface area contributed by atoms with E-state index in [2.05, 4.69) is 18.3 Å². The highest BCUT2D eigenvalue weighted by Crippen LogP contribution is 2.31.